The van der Waals surface area contributed by atoms with E-state index in [-0.39, 0.29) is 11.5 Å². The van der Waals surface area contributed by atoms with Gasteiger partial charge in [-0.1, -0.05) is 31.9 Å². The average Bonchev–Trinajstić information content (AvgIpc) is 3.20. The molecule has 2 amide bonds. The number of nitrogens with zero attached hydrogens (tertiary/aromatic N) is 2. The third-order valence-electron chi connectivity index (χ3n) is 5.39. The molecule has 1 aliphatic rings. The minimum Gasteiger partial charge on any atom is -0.467 e. The number of urea groups is 1. The lowest BCUT2D eigenvalue weighted by atomic mass is 9.95. The van der Waals surface area contributed by atoms with Gasteiger partial charge >= 0.3 is 12.0 Å². The second-order valence-corrected chi connectivity index (χ2v) is 7.55. The maximum absolute atomic E-state index is 14.7. The lowest BCUT2D eigenvalue weighted by Gasteiger charge is -2.36. The van der Waals surface area contributed by atoms with Crippen molar-refractivity contribution in [1.29, 1.82) is 0 Å². The molecule has 2 N–H and O–H groups in total. The number of aromatic nitrogens is 2. The molecule has 0 saturated heterocycles. The van der Waals surface area contributed by atoms with Gasteiger partial charge in [0.15, 0.2) is 0 Å². The van der Waals surface area contributed by atoms with E-state index in [1.165, 1.54) is 36.5 Å². The third kappa shape index (κ3) is 4.22. The van der Waals surface area contributed by atoms with Gasteiger partial charge in [-0.3, -0.25) is 0 Å². The first-order chi connectivity index (χ1) is 13.9. The molecule has 7 nitrogen and oxygen atoms in total. The highest BCUT2D eigenvalue weighted by Crippen LogP contribution is 2.36. The molecule has 1 aliphatic heterocycles. The summed E-state index contributed by atoms with van der Waals surface area (Å²) >= 11 is 6.09. The molecule has 0 aliphatic carbocycles. The highest BCUT2D eigenvalue weighted by atomic mass is 35.5. The number of amides is 2. The number of fused-ring (bicyclic) bond motifs is 1. The number of imidazole rings is 1. The largest absolute Gasteiger partial charge is 0.467 e. The number of halogens is 2. The van der Waals surface area contributed by atoms with E-state index in [0.29, 0.717) is 30.1 Å². The molecule has 0 bridgehead atoms. The maximum atomic E-state index is 14.7. The van der Waals surface area contributed by atoms with Crippen LogP contribution in [0.5, 0.6) is 0 Å². The van der Waals surface area contributed by atoms with Gasteiger partial charge < -0.3 is 19.9 Å². The van der Waals surface area contributed by atoms with Crippen LogP contribution in [0.15, 0.2) is 24.5 Å². The summed E-state index contributed by atoms with van der Waals surface area (Å²) in [5, 5.41) is 3.12. The number of ether oxygens (including phenoxy) is 1. The average molecular weight is 423 g/mol. The minimum atomic E-state index is -0.803. The van der Waals surface area contributed by atoms with E-state index >= 15 is 0 Å². The van der Waals surface area contributed by atoms with Crippen LogP contribution < -0.4 is 5.32 Å². The maximum Gasteiger partial charge on any atom is 0.328 e. The molecule has 0 saturated carbocycles. The molecule has 0 fully saturated rings. The molecule has 1 aromatic heterocycles. The normalized spacial score (nSPS) is 18.0. The van der Waals surface area contributed by atoms with Crippen molar-refractivity contribution in [2.75, 3.05) is 13.7 Å². The molecule has 0 radical (unpaired) electrons. The molecule has 1 aromatic carbocycles. The summed E-state index contributed by atoms with van der Waals surface area (Å²) < 4.78 is 19.5. The number of aromatic amines is 1. The van der Waals surface area contributed by atoms with Crippen LogP contribution in [-0.4, -0.2) is 46.6 Å². The summed E-state index contributed by atoms with van der Waals surface area (Å²) in [6.45, 7) is 4.11. The predicted molar refractivity (Wildman–Crippen MR) is 106 cm³/mol. The van der Waals surface area contributed by atoms with E-state index in [2.05, 4.69) is 15.3 Å². The summed E-state index contributed by atoms with van der Waals surface area (Å²) in [5.74, 6) is -1.13. The van der Waals surface area contributed by atoms with Gasteiger partial charge in [0.1, 0.15) is 17.9 Å². The molecule has 3 atom stereocenters. The number of carbonyl (C=O) groups is 2. The molecule has 156 valence electrons. The number of nitrogens with one attached hydrogen (secondary N) is 2. The van der Waals surface area contributed by atoms with Crippen molar-refractivity contribution in [2.45, 2.75) is 38.8 Å². The Balaban J connectivity index is 1.97. The van der Waals surface area contributed by atoms with Crippen molar-refractivity contribution in [2.24, 2.45) is 5.92 Å². The molecule has 0 spiro atoms. The second kappa shape index (κ2) is 8.82. The van der Waals surface area contributed by atoms with Crippen LogP contribution in [0.1, 0.15) is 43.3 Å². The lowest BCUT2D eigenvalue weighted by molar-refractivity contribution is -0.144. The fourth-order valence-corrected chi connectivity index (χ4v) is 3.73. The van der Waals surface area contributed by atoms with Crippen LogP contribution >= 0.6 is 11.6 Å². The Labute approximate surface area is 173 Å². The van der Waals surface area contributed by atoms with Crippen LogP contribution in [0.3, 0.4) is 0 Å². The number of hydrogen-bond acceptors (Lipinski definition) is 4. The van der Waals surface area contributed by atoms with Crippen LogP contribution in [-0.2, 0) is 16.0 Å². The van der Waals surface area contributed by atoms with Gasteiger partial charge in [-0.05, 0) is 24.1 Å². The molecule has 2 heterocycles. The van der Waals surface area contributed by atoms with Gasteiger partial charge in [0, 0.05) is 29.2 Å². The Morgan fingerprint density at radius 3 is 2.93 bits per heavy atom. The first-order valence-corrected chi connectivity index (χ1v) is 9.87. The quantitative estimate of drug-likeness (QED) is 0.722. The van der Waals surface area contributed by atoms with E-state index in [4.69, 9.17) is 16.3 Å². The Kier molecular flexibility index (Phi) is 6.42. The second-order valence-electron chi connectivity index (χ2n) is 7.11. The predicted octanol–water partition coefficient (Wildman–Crippen LogP) is 3.45. The molecular formula is C20H24ClFN4O3. The number of rotatable bonds is 5. The first kappa shape index (κ1) is 21.1. The Morgan fingerprint density at radius 2 is 2.24 bits per heavy atom. The van der Waals surface area contributed by atoms with Gasteiger partial charge in [-0.15, -0.1) is 0 Å². The summed E-state index contributed by atoms with van der Waals surface area (Å²) in [7, 11) is 1.28. The lowest BCUT2D eigenvalue weighted by Crippen LogP contribution is -2.53. The highest BCUT2D eigenvalue weighted by molar-refractivity contribution is 6.30. The molecule has 1 unspecified atom stereocenters. The Bertz CT molecular complexity index is 904. The van der Waals surface area contributed by atoms with Crippen LogP contribution in [0.4, 0.5) is 9.18 Å². The van der Waals surface area contributed by atoms with E-state index < -0.39 is 29.9 Å². The minimum absolute atomic E-state index is 0.126. The summed E-state index contributed by atoms with van der Waals surface area (Å²) in [6, 6.07) is 2.17. The van der Waals surface area contributed by atoms with Crippen molar-refractivity contribution >= 4 is 23.6 Å². The van der Waals surface area contributed by atoms with Gasteiger partial charge in [0.05, 0.1) is 19.1 Å². The van der Waals surface area contributed by atoms with Crippen molar-refractivity contribution in [3.8, 4) is 0 Å². The van der Waals surface area contributed by atoms with Gasteiger partial charge in [-0.25, -0.2) is 19.0 Å². The molecule has 3 rings (SSSR count). The van der Waals surface area contributed by atoms with Crippen LogP contribution in [0.25, 0.3) is 0 Å². The zero-order valence-corrected chi connectivity index (χ0v) is 17.3. The van der Waals surface area contributed by atoms with E-state index in [9.17, 15) is 14.0 Å². The first-order valence-electron chi connectivity index (χ1n) is 9.49. The fourth-order valence-electron chi connectivity index (χ4n) is 3.55. The van der Waals surface area contributed by atoms with Crippen LogP contribution in [0.2, 0.25) is 5.02 Å². The third-order valence-corrected chi connectivity index (χ3v) is 5.62. The Hall–Kier alpha value is -2.61. The number of carbonyl (C=O) groups excluding carboxylic acids is 2. The van der Waals surface area contributed by atoms with Crippen molar-refractivity contribution < 1.29 is 18.7 Å². The van der Waals surface area contributed by atoms with Crippen molar-refractivity contribution in [3.05, 3.63) is 52.3 Å². The number of H-pyrrole nitrogens is 1. The van der Waals surface area contributed by atoms with Gasteiger partial charge in [0.25, 0.3) is 0 Å². The molecule has 29 heavy (non-hydrogen) atoms. The van der Waals surface area contributed by atoms with Gasteiger partial charge in [0.2, 0.25) is 0 Å². The van der Waals surface area contributed by atoms with Crippen LogP contribution in [0, 0.1) is 11.7 Å². The zero-order chi connectivity index (χ0) is 21.1. The van der Waals surface area contributed by atoms with E-state index in [0.717, 1.165) is 5.69 Å². The summed E-state index contributed by atoms with van der Waals surface area (Å²) in [4.78, 5) is 34.2. The zero-order valence-electron chi connectivity index (χ0n) is 16.5. The fraction of sp³-hybridized carbons (Fsp3) is 0.450. The summed E-state index contributed by atoms with van der Waals surface area (Å²) in [6.07, 6.45) is 2.74. The number of hydrogen-bond donors (Lipinski definition) is 2. The smallest absolute Gasteiger partial charge is 0.328 e. The molecule has 9 heteroatoms. The summed E-state index contributed by atoms with van der Waals surface area (Å²) in [5.41, 5.74) is 1.65. The number of esters is 1. The molecular weight excluding hydrogens is 399 g/mol. The standard InChI is InChI=1S/C20H24ClFN4O3/c1-4-11(2)16(19(27)29-3)25-20(28)26-8-7-15-17(24-10-23-15)18(26)13-9-12(21)5-6-14(13)22/h5-6,9-11,16,18H,4,7-8H2,1-3H3,(H,23,24)(H,25,28)/t11-,16+,18?/m1/s1. The van der Waals surface area contributed by atoms with Gasteiger partial charge in [-0.2, -0.15) is 0 Å². The van der Waals surface area contributed by atoms with Crippen molar-refractivity contribution in [3.63, 3.8) is 0 Å². The number of benzene rings is 1. The monoisotopic (exact) mass is 422 g/mol. The van der Waals surface area contributed by atoms with E-state index in [1.54, 1.807) is 0 Å². The highest BCUT2D eigenvalue weighted by Gasteiger charge is 2.38. The van der Waals surface area contributed by atoms with Crippen molar-refractivity contribution in [1.82, 2.24) is 20.2 Å². The molecule has 2 aromatic rings. The SMILES string of the molecule is CC[C@@H](C)[C@H](NC(=O)N1CCc2[nH]cnc2C1c1cc(Cl)ccc1F)C(=O)OC. The van der Waals surface area contributed by atoms with E-state index in [1.807, 2.05) is 13.8 Å². The topological polar surface area (TPSA) is 87.3 Å². The number of methoxy groups -OCH3 is 1. The Morgan fingerprint density at radius 1 is 1.48 bits per heavy atom.